The summed E-state index contributed by atoms with van der Waals surface area (Å²) in [4.78, 5) is 16.2. The van der Waals surface area contributed by atoms with Crippen molar-refractivity contribution in [1.29, 1.82) is 0 Å². The van der Waals surface area contributed by atoms with Gasteiger partial charge in [-0.2, -0.15) is 0 Å². The van der Waals surface area contributed by atoms with Crippen molar-refractivity contribution in [3.05, 3.63) is 0 Å². The lowest BCUT2D eigenvalue weighted by Gasteiger charge is -2.29. The molecule has 1 fully saturated rings. The predicted octanol–water partition coefficient (Wildman–Crippen LogP) is 0.779. The third kappa shape index (κ3) is 2.92. The Hall–Kier alpha value is -0.610. The lowest BCUT2D eigenvalue weighted by atomic mass is 9.98. The van der Waals surface area contributed by atoms with Gasteiger partial charge < -0.3 is 4.74 Å². The highest BCUT2D eigenvalue weighted by Crippen LogP contribution is 2.19. The first-order valence-electron chi connectivity index (χ1n) is 5.60. The Bertz CT molecular complexity index is 221. The SMILES string of the molecule is CCC(C)C(C(=O)OC)N1CCN(C)C1. The zero-order chi connectivity index (χ0) is 11.4. The molecule has 15 heavy (non-hydrogen) atoms. The molecule has 1 saturated heterocycles. The van der Waals surface area contributed by atoms with Crippen LogP contribution in [0.4, 0.5) is 0 Å². The first kappa shape index (κ1) is 12.5. The lowest BCUT2D eigenvalue weighted by molar-refractivity contribution is -0.148. The number of hydrogen-bond donors (Lipinski definition) is 0. The van der Waals surface area contributed by atoms with Crippen LogP contribution in [0.5, 0.6) is 0 Å². The third-order valence-electron chi connectivity index (χ3n) is 3.21. The summed E-state index contributed by atoms with van der Waals surface area (Å²) in [7, 11) is 3.54. The molecule has 0 aromatic heterocycles. The number of hydrogen-bond acceptors (Lipinski definition) is 4. The molecule has 0 bridgehead atoms. The number of ether oxygens (including phenoxy) is 1. The monoisotopic (exact) mass is 214 g/mol. The van der Waals surface area contributed by atoms with Crippen molar-refractivity contribution in [2.75, 3.05) is 33.9 Å². The number of likely N-dealkylation sites (N-methyl/N-ethyl adjacent to an activating group) is 1. The van der Waals surface area contributed by atoms with Gasteiger partial charge in [0.1, 0.15) is 6.04 Å². The van der Waals surface area contributed by atoms with E-state index in [4.69, 9.17) is 4.74 Å². The predicted molar refractivity (Wildman–Crippen MR) is 59.5 cm³/mol. The van der Waals surface area contributed by atoms with Crippen molar-refractivity contribution in [3.8, 4) is 0 Å². The van der Waals surface area contributed by atoms with Crippen LogP contribution in [0, 0.1) is 5.92 Å². The molecular weight excluding hydrogens is 192 g/mol. The molecule has 1 rings (SSSR count). The highest BCUT2D eigenvalue weighted by molar-refractivity contribution is 5.76. The average Bonchev–Trinajstić information content (AvgIpc) is 2.64. The molecule has 1 aliphatic rings. The standard InChI is InChI=1S/C11H22N2O2/c1-5-9(2)10(11(14)15-4)13-7-6-12(3)8-13/h9-10H,5-8H2,1-4H3. The summed E-state index contributed by atoms with van der Waals surface area (Å²) >= 11 is 0. The molecule has 0 aromatic rings. The quantitative estimate of drug-likeness (QED) is 0.647. The summed E-state index contributed by atoms with van der Waals surface area (Å²) in [6, 6.07) is -0.0788. The minimum Gasteiger partial charge on any atom is -0.468 e. The van der Waals surface area contributed by atoms with Crippen LogP contribution in [-0.2, 0) is 9.53 Å². The summed E-state index contributed by atoms with van der Waals surface area (Å²) in [5, 5.41) is 0. The van der Waals surface area contributed by atoms with Crippen molar-refractivity contribution in [2.24, 2.45) is 5.92 Å². The Morgan fingerprint density at radius 2 is 2.13 bits per heavy atom. The van der Waals surface area contributed by atoms with E-state index in [1.807, 2.05) is 0 Å². The molecule has 4 nitrogen and oxygen atoms in total. The van der Waals surface area contributed by atoms with E-state index in [2.05, 4.69) is 30.7 Å². The van der Waals surface area contributed by atoms with Gasteiger partial charge >= 0.3 is 5.97 Å². The van der Waals surface area contributed by atoms with Crippen molar-refractivity contribution < 1.29 is 9.53 Å². The van der Waals surface area contributed by atoms with Crippen LogP contribution in [0.1, 0.15) is 20.3 Å². The number of esters is 1. The second kappa shape index (κ2) is 5.47. The highest BCUT2D eigenvalue weighted by Gasteiger charge is 2.34. The molecule has 0 N–H and O–H groups in total. The number of rotatable bonds is 4. The summed E-state index contributed by atoms with van der Waals surface area (Å²) in [5.41, 5.74) is 0. The Morgan fingerprint density at radius 1 is 1.47 bits per heavy atom. The Balaban J connectivity index is 2.67. The van der Waals surface area contributed by atoms with Gasteiger partial charge in [-0.3, -0.25) is 14.6 Å². The van der Waals surface area contributed by atoms with Gasteiger partial charge in [-0.25, -0.2) is 0 Å². The fourth-order valence-electron chi connectivity index (χ4n) is 2.06. The summed E-state index contributed by atoms with van der Waals surface area (Å²) in [5.74, 6) is 0.253. The third-order valence-corrected chi connectivity index (χ3v) is 3.21. The molecular formula is C11H22N2O2. The second-order valence-corrected chi connectivity index (χ2v) is 4.39. The van der Waals surface area contributed by atoms with E-state index >= 15 is 0 Å². The van der Waals surface area contributed by atoms with Crippen molar-refractivity contribution in [1.82, 2.24) is 9.80 Å². The molecule has 88 valence electrons. The maximum atomic E-state index is 11.7. The highest BCUT2D eigenvalue weighted by atomic mass is 16.5. The Kier molecular flexibility index (Phi) is 4.54. The molecule has 0 saturated carbocycles. The molecule has 1 heterocycles. The van der Waals surface area contributed by atoms with Gasteiger partial charge in [-0.05, 0) is 13.0 Å². The van der Waals surface area contributed by atoms with Crippen molar-refractivity contribution in [3.63, 3.8) is 0 Å². The van der Waals surface area contributed by atoms with Gasteiger partial charge in [0.2, 0.25) is 0 Å². The van der Waals surface area contributed by atoms with E-state index in [0.717, 1.165) is 26.2 Å². The smallest absolute Gasteiger partial charge is 0.323 e. The second-order valence-electron chi connectivity index (χ2n) is 4.39. The Labute approximate surface area is 92.2 Å². The maximum absolute atomic E-state index is 11.7. The van der Waals surface area contributed by atoms with Crippen LogP contribution >= 0.6 is 0 Å². The van der Waals surface area contributed by atoms with E-state index in [1.54, 1.807) is 0 Å². The average molecular weight is 214 g/mol. The molecule has 0 amide bonds. The van der Waals surface area contributed by atoms with E-state index in [9.17, 15) is 4.79 Å². The van der Waals surface area contributed by atoms with E-state index < -0.39 is 0 Å². The molecule has 1 aliphatic heterocycles. The van der Waals surface area contributed by atoms with Gasteiger partial charge in [0.15, 0.2) is 0 Å². The van der Waals surface area contributed by atoms with Crippen LogP contribution in [0.2, 0.25) is 0 Å². The summed E-state index contributed by atoms with van der Waals surface area (Å²) in [6.07, 6.45) is 1.000. The molecule has 2 atom stereocenters. The number of carbonyl (C=O) groups excluding carboxylic acids is 1. The van der Waals surface area contributed by atoms with Crippen LogP contribution in [0.15, 0.2) is 0 Å². The minimum atomic E-state index is -0.0975. The van der Waals surface area contributed by atoms with E-state index in [0.29, 0.717) is 5.92 Å². The first-order chi connectivity index (χ1) is 7.10. The van der Waals surface area contributed by atoms with Crippen LogP contribution in [0.3, 0.4) is 0 Å². The maximum Gasteiger partial charge on any atom is 0.323 e. The molecule has 0 spiro atoms. The summed E-state index contributed by atoms with van der Waals surface area (Å²) in [6.45, 7) is 7.08. The topological polar surface area (TPSA) is 32.8 Å². The van der Waals surface area contributed by atoms with E-state index in [1.165, 1.54) is 7.11 Å². The van der Waals surface area contributed by atoms with Gasteiger partial charge in [-0.15, -0.1) is 0 Å². The first-order valence-corrected chi connectivity index (χ1v) is 5.60. The van der Waals surface area contributed by atoms with Gasteiger partial charge in [0.25, 0.3) is 0 Å². The van der Waals surface area contributed by atoms with Gasteiger partial charge in [0.05, 0.1) is 13.8 Å². The van der Waals surface area contributed by atoms with Gasteiger partial charge in [-0.1, -0.05) is 20.3 Å². The fraction of sp³-hybridized carbons (Fsp3) is 0.909. The molecule has 4 heteroatoms. The zero-order valence-corrected chi connectivity index (χ0v) is 10.2. The molecule has 2 unspecified atom stereocenters. The van der Waals surface area contributed by atoms with Crippen LogP contribution in [0.25, 0.3) is 0 Å². The van der Waals surface area contributed by atoms with Gasteiger partial charge in [0, 0.05) is 13.1 Å². The zero-order valence-electron chi connectivity index (χ0n) is 10.2. The van der Waals surface area contributed by atoms with E-state index in [-0.39, 0.29) is 12.0 Å². The fourth-order valence-corrected chi connectivity index (χ4v) is 2.06. The van der Waals surface area contributed by atoms with Crippen molar-refractivity contribution >= 4 is 5.97 Å². The lowest BCUT2D eigenvalue weighted by Crippen LogP contribution is -2.45. The summed E-state index contributed by atoms with van der Waals surface area (Å²) < 4.78 is 4.88. The number of methoxy groups -OCH3 is 1. The number of carbonyl (C=O) groups is 1. The molecule has 0 radical (unpaired) electrons. The van der Waals surface area contributed by atoms with Crippen molar-refractivity contribution in [2.45, 2.75) is 26.3 Å². The normalized spacial score (nSPS) is 22.7. The minimum absolute atomic E-state index is 0.0788. The van der Waals surface area contributed by atoms with Crippen LogP contribution < -0.4 is 0 Å². The van der Waals surface area contributed by atoms with Crippen LogP contribution in [-0.4, -0.2) is 55.7 Å². The largest absolute Gasteiger partial charge is 0.468 e. The molecule has 0 aromatic carbocycles. The number of nitrogens with zero attached hydrogens (tertiary/aromatic N) is 2. The molecule has 0 aliphatic carbocycles. The Morgan fingerprint density at radius 3 is 2.53 bits per heavy atom.